The van der Waals surface area contributed by atoms with Crippen LogP contribution in [0.1, 0.15) is 10.4 Å². The average molecular weight is 325 g/mol. The van der Waals surface area contributed by atoms with Crippen molar-refractivity contribution in [1.82, 2.24) is 9.97 Å². The summed E-state index contributed by atoms with van der Waals surface area (Å²) in [6.45, 7) is 0. The number of rotatable bonds is 4. The first-order valence-corrected chi connectivity index (χ1v) is 7.24. The van der Waals surface area contributed by atoms with Gasteiger partial charge >= 0.3 is 0 Å². The molecule has 0 unspecified atom stereocenters. The highest BCUT2D eigenvalue weighted by Crippen LogP contribution is 2.28. The van der Waals surface area contributed by atoms with Crippen LogP contribution < -0.4 is 11.1 Å². The Hall–Kier alpha value is -2.92. The van der Waals surface area contributed by atoms with Crippen LogP contribution in [0.4, 0.5) is 11.4 Å². The minimum Gasteiger partial charge on any atom is -0.366 e. The van der Waals surface area contributed by atoms with E-state index in [1.165, 1.54) is 6.20 Å². The normalized spacial score (nSPS) is 10.3. The van der Waals surface area contributed by atoms with Crippen molar-refractivity contribution in [3.05, 3.63) is 71.6 Å². The molecule has 0 atom stereocenters. The first kappa shape index (κ1) is 15.0. The van der Waals surface area contributed by atoms with E-state index in [2.05, 4.69) is 15.3 Å². The Labute approximate surface area is 138 Å². The average Bonchev–Trinajstić information content (AvgIpc) is 2.57. The quantitative estimate of drug-likeness (QED) is 0.767. The monoisotopic (exact) mass is 324 g/mol. The van der Waals surface area contributed by atoms with Crippen molar-refractivity contribution in [2.24, 2.45) is 5.73 Å². The number of hydrogen-bond donors (Lipinski definition) is 2. The van der Waals surface area contributed by atoms with Gasteiger partial charge < -0.3 is 11.1 Å². The number of carbonyl (C=O) groups is 1. The molecule has 0 saturated carbocycles. The van der Waals surface area contributed by atoms with Crippen LogP contribution in [-0.4, -0.2) is 15.9 Å². The summed E-state index contributed by atoms with van der Waals surface area (Å²) < 4.78 is 0. The minimum absolute atomic E-state index is 0.370. The van der Waals surface area contributed by atoms with E-state index in [4.69, 9.17) is 17.3 Å². The summed E-state index contributed by atoms with van der Waals surface area (Å²) in [6.07, 6.45) is 4.86. The fourth-order valence-electron chi connectivity index (χ4n) is 2.11. The third-order valence-electron chi connectivity index (χ3n) is 3.27. The minimum atomic E-state index is -0.502. The lowest BCUT2D eigenvalue weighted by atomic mass is 10.1. The number of pyridine rings is 2. The summed E-state index contributed by atoms with van der Waals surface area (Å²) in [5.41, 5.74) is 8.87. The maximum atomic E-state index is 11.1. The Kier molecular flexibility index (Phi) is 4.21. The zero-order chi connectivity index (χ0) is 16.2. The smallest absolute Gasteiger partial charge is 0.250 e. The number of nitrogens with two attached hydrogens (primary N) is 1. The Balaban J connectivity index is 1.94. The van der Waals surface area contributed by atoms with E-state index in [0.29, 0.717) is 16.3 Å². The molecule has 0 saturated heterocycles. The van der Waals surface area contributed by atoms with Gasteiger partial charge in [-0.05, 0) is 42.5 Å². The van der Waals surface area contributed by atoms with Crippen LogP contribution in [0.25, 0.3) is 11.3 Å². The second-order valence-corrected chi connectivity index (χ2v) is 5.29. The number of aromatic nitrogens is 2. The zero-order valence-corrected chi connectivity index (χ0v) is 12.8. The number of halogens is 1. The number of amides is 1. The summed E-state index contributed by atoms with van der Waals surface area (Å²) in [5, 5.41) is 3.95. The van der Waals surface area contributed by atoms with Gasteiger partial charge in [-0.2, -0.15) is 0 Å². The zero-order valence-electron chi connectivity index (χ0n) is 12.0. The van der Waals surface area contributed by atoms with Gasteiger partial charge in [0.05, 0.1) is 23.1 Å². The SMILES string of the molecule is NC(=O)c1ccc(-c2ccncc2Nc2ccc(Cl)cc2)nc1. The van der Waals surface area contributed by atoms with Gasteiger partial charge in [-0.15, -0.1) is 0 Å². The van der Waals surface area contributed by atoms with E-state index < -0.39 is 5.91 Å². The van der Waals surface area contributed by atoms with E-state index >= 15 is 0 Å². The summed E-state index contributed by atoms with van der Waals surface area (Å²) in [7, 11) is 0. The summed E-state index contributed by atoms with van der Waals surface area (Å²) >= 11 is 5.89. The van der Waals surface area contributed by atoms with Crippen LogP contribution >= 0.6 is 11.6 Å². The molecule has 0 spiro atoms. The first-order chi connectivity index (χ1) is 11.1. The van der Waals surface area contributed by atoms with E-state index in [-0.39, 0.29) is 0 Å². The lowest BCUT2D eigenvalue weighted by Gasteiger charge is -2.11. The van der Waals surface area contributed by atoms with Crippen molar-refractivity contribution in [3.63, 3.8) is 0 Å². The molecule has 2 aromatic heterocycles. The molecule has 23 heavy (non-hydrogen) atoms. The summed E-state index contributed by atoms with van der Waals surface area (Å²) in [4.78, 5) is 19.6. The number of nitrogens with one attached hydrogen (secondary N) is 1. The van der Waals surface area contributed by atoms with Gasteiger partial charge in [0.2, 0.25) is 5.91 Å². The maximum absolute atomic E-state index is 11.1. The standard InChI is InChI=1S/C17H13ClN4O/c18-12-2-4-13(5-3-12)22-16-10-20-8-7-14(16)15-6-1-11(9-21-15)17(19)23/h1-10,22H,(H2,19,23). The Morgan fingerprint density at radius 1 is 1.04 bits per heavy atom. The molecule has 3 aromatic rings. The third kappa shape index (κ3) is 3.46. The molecule has 114 valence electrons. The third-order valence-corrected chi connectivity index (χ3v) is 3.52. The number of nitrogens with zero attached hydrogens (tertiary/aromatic N) is 2. The molecule has 0 radical (unpaired) electrons. The Morgan fingerprint density at radius 2 is 1.83 bits per heavy atom. The van der Waals surface area contributed by atoms with Crippen molar-refractivity contribution in [2.45, 2.75) is 0 Å². The molecule has 6 heteroatoms. The maximum Gasteiger partial charge on any atom is 0.250 e. The van der Waals surface area contributed by atoms with Crippen LogP contribution in [0.5, 0.6) is 0 Å². The molecule has 0 aliphatic heterocycles. The van der Waals surface area contributed by atoms with Crippen molar-refractivity contribution < 1.29 is 4.79 Å². The van der Waals surface area contributed by atoms with E-state index in [1.807, 2.05) is 18.2 Å². The molecule has 3 N–H and O–H groups in total. The fraction of sp³-hybridized carbons (Fsp3) is 0. The number of carbonyl (C=O) groups excluding carboxylic acids is 1. The topological polar surface area (TPSA) is 80.9 Å². The van der Waals surface area contributed by atoms with Crippen molar-refractivity contribution >= 4 is 28.9 Å². The molecule has 0 aliphatic rings. The molecule has 1 amide bonds. The molecule has 2 heterocycles. The van der Waals surface area contributed by atoms with Gasteiger partial charge in [-0.1, -0.05) is 11.6 Å². The number of primary amides is 1. The molecular formula is C17H13ClN4O. The van der Waals surface area contributed by atoms with E-state index in [1.54, 1.807) is 36.7 Å². The molecule has 5 nitrogen and oxygen atoms in total. The Morgan fingerprint density at radius 3 is 2.48 bits per heavy atom. The molecular weight excluding hydrogens is 312 g/mol. The van der Waals surface area contributed by atoms with Gasteiger partial charge in [0.15, 0.2) is 0 Å². The largest absolute Gasteiger partial charge is 0.366 e. The van der Waals surface area contributed by atoms with E-state index in [0.717, 1.165) is 16.9 Å². The number of hydrogen-bond acceptors (Lipinski definition) is 4. The van der Waals surface area contributed by atoms with Crippen molar-refractivity contribution in [2.75, 3.05) is 5.32 Å². The van der Waals surface area contributed by atoms with Gasteiger partial charge in [-0.3, -0.25) is 14.8 Å². The van der Waals surface area contributed by atoms with Crippen molar-refractivity contribution in [3.8, 4) is 11.3 Å². The fourth-order valence-corrected chi connectivity index (χ4v) is 2.23. The number of anilines is 2. The lowest BCUT2D eigenvalue weighted by Crippen LogP contribution is -2.11. The van der Waals surface area contributed by atoms with Crippen LogP contribution in [0.2, 0.25) is 5.02 Å². The van der Waals surface area contributed by atoms with Crippen LogP contribution in [-0.2, 0) is 0 Å². The van der Waals surface area contributed by atoms with Crippen LogP contribution in [0, 0.1) is 0 Å². The van der Waals surface area contributed by atoms with Gasteiger partial charge in [0.1, 0.15) is 0 Å². The second kappa shape index (κ2) is 6.46. The first-order valence-electron chi connectivity index (χ1n) is 6.86. The van der Waals surface area contributed by atoms with Crippen LogP contribution in [0.15, 0.2) is 61.1 Å². The summed E-state index contributed by atoms with van der Waals surface area (Å²) in [6, 6.07) is 12.6. The molecule has 3 rings (SSSR count). The van der Waals surface area contributed by atoms with Gasteiger partial charge in [0.25, 0.3) is 0 Å². The second-order valence-electron chi connectivity index (χ2n) is 4.85. The van der Waals surface area contributed by atoms with Gasteiger partial charge in [-0.25, -0.2) is 0 Å². The highest BCUT2D eigenvalue weighted by molar-refractivity contribution is 6.30. The van der Waals surface area contributed by atoms with Gasteiger partial charge in [0, 0.05) is 28.7 Å². The highest BCUT2D eigenvalue weighted by atomic mass is 35.5. The predicted octanol–water partition coefficient (Wildman–Crippen LogP) is 3.64. The molecule has 0 bridgehead atoms. The van der Waals surface area contributed by atoms with Crippen molar-refractivity contribution in [1.29, 1.82) is 0 Å². The molecule has 0 aliphatic carbocycles. The Bertz CT molecular complexity index is 832. The highest BCUT2D eigenvalue weighted by Gasteiger charge is 2.08. The lowest BCUT2D eigenvalue weighted by molar-refractivity contribution is 0.1000. The van der Waals surface area contributed by atoms with Crippen LogP contribution in [0.3, 0.4) is 0 Å². The molecule has 0 fully saturated rings. The number of benzene rings is 1. The molecule has 1 aromatic carbocycles. The van der Waals surface area contributed by atoms with E-state index in [9.17, 15) is 4.79 Å². The summed E-state index contributed by atoms with van der Waals surface area (Å²) in [5.74, 6) is -0.502. The predicted molar refractivity (Wildman–Crippen MR) is 90.7 cm³/mol.